The minimum absolute atomic E-state index is 0.0801. The van der Waals surface area contributed by atoms with Gasteiger partial charge in [-0.2, -0.15) is 0 Å². The van der Waals surface area contributed by atoms with Crippen molar-refractivity contribution in [3.05, 3.63) is 64.7 Å². The Morgan fingerprint density at radius 2 is 1.81 bits per heavy atom. The number of benzene rings is 2. The first-order valence-electron chi connectivity index (χ1n) is 8.25. The maximum absolute atomic E-state index is 12.5. The van der Waals surface area contributed by atoms with Gasteiger partial charge in [-0.3, -0.25) is 19.8 Å². The Kier molecular flexibility index (Phi) is 4.89. The molecule has 0 aromatic heterocycles. The molecule has 0 aliphatic carbocycles. The predicted octanol–water partition coefficient (Wildman–Crippen LogP) is 1.31. The Balaban J connectivity index is 1.82. The second kappa shape index (κ2) is 7.28. The molecule has 138 valence electrons. The van der Waals surface area contributed by atoms with Gasteiger partial charge in [0.25, 0.3) is 11.8 Å². The van der Waals surface area contributed by atoms with Crippen LogP contribution in [0, 0.1) is 5.41 Å². The van der Waals surface area contributed by atoms with Crippen LogP contribution in [0.4, 0.5) is 5.69 Å². The third-order valence-electron chi connectivity index (χ3n) is 4.36. The number of fused-ring (bicyclic) bond motifs is 1. The summed E-state index contributed by atoms with van der Waals surface area (Å²) in [4.78, 5) is 37.1. The van der Waals surface area contributed by atoms with E-state index in [1.54, 1.807) is 42.5 Å². The normalized spacial score (nSPS) is 13.0. The molecule has 0 bridgehead atoms. The fourth-order valence-corrected chi connectivity index (χ4v) is 3.00. The van der Waals surface area contributed by atoms with Crippen molar-refractivity contribution in [2.75, 3.05) is 18.4 Å². The van der Waals surface area contributed by atoms with Crippen LogP contribution in [-0.2, 0) is 11.2 Å². The second-order valence-electron chi connectivity index (χ2n) is 6.15. The molecule has 1 aliphatic heterocycles. The molecule has 2 amide bonds. The molecule has 1 aliphatic rings. The summed E-state index contributed by atoms with van der Waals surface area (Å²) in [6.07, 6.45) is 0.452. The molecule has 0 unspecified atom stereocenters. The van der Waals surface area contributed by atoms with Crippen LogP contribution in [0.15, 0.2) is 42.5 Å². The van der Waals surface area contributed by atoms with Crippen molar-refractivity contribution < 1.29 is 19.5 Å². The third kappa shape index (κ3) is 3.79. The van der Waals surface area contributed by atoms with Gasteiger partial charge in [-0.15, -0.1) is 0 Å². The summed E-state index contributed by atoms with van der Waals surface area (Å²) in [5.41, 5.74) is 7.93. The standard InChI is InChI=1S/C19H18N4O4/c20-17(21)11-4-6-12(7-5-11)18(26)22-15-3-1-2-14-13(15)8-9-23(19(14)27)10-16(24)25/h1-7H,8-10H2,(H3,20,21)(H,22,26)(H,24,25). The van der Waals surface area contributed by atoms with Gasteiger partial charge in [-0.05, 0) is 36.2 Å². The van der Waals surface area contributed by atoms with Gasteiger partial charge in [0.05, 0.1) is 0 Å². The summed E-state index contributed by atoms with van der Waals surface area (Å²) in [6, 6.07) is 11.3. The van der Waals surface area contributed by atoms with Crippen LogP contribution < -0.4 is 11.1 Å². The number of nitrogens with zero attached hydrogens (tertiary/aromatic N) is 1. The second-order valence-corrected chi connectivity index (χ2v) is 6.15. The SMILES string of the molecule is N=C(N)c1ccc(C(=O)Nc2cccc3c2CCN(CC(=O)O)C3=O)cc1. The predicted molar refractivity (Wildman–Crippen MR) is 99.1 cm³/mol. The van der Waals surface area contributed by atoms with Gasteiger partial charge in [-0.25, -0.2) is 0 Å². The van der Waals surface area contributed by atoms with Crippen LogP contribution in [0.25, 0.3) is 0 Å². The fourth-order valence-electron chi connectivity index (χ4n) is 3.00. The molecule has 0 saturated heterocycles. The number of hydrogen-bond acceptors (Lipinski definition) is 4. The zero-order valence-electron chi connectivity index (χ0n) is 14.4. The number of amides is 2. The van der Waals surface area contributed by atoms with E-state index in [0.29, 0.717) is 34.4 Å². The summed E-state index contributed by atoms with van der Waals surface area (Å²) in [6.45, 7) is -0.0737. The maximum atomic E-state index is 12.5. The summed E-state index contributed by atoms with van der Waals surface area (Å²) in [7, 11) is 0. The molecule has 0 atom stereocenters. The van der Waals surface area contributed by atoms with E-state index in [1.807, 2.05) is 0 Å². The molecule has 8 nitrogen and oxygen atoms in total. The number of carbonyl (C=O) groups is 3. The van der Waals surface area contributed by atoms with Gasteiger partial charge in [0.1, 0.15) is 12.4 Å². The smallest absolute Gasteiger partial charge is 0.323 e. The van der Waals surface area contributed by atoms with Crippen molar-refractivity contribution in [3.8, 4) is 0 Å². The zero-order chi connectivity index (χ0) is 19.6. The summed E-state index contributed by atoms with van der Waals surface area (Å²) in [5.74, 6) is -1.85. The lowest BCUT2D eigenvalue weighted by Crippen LogP contribution is -2.41. The van der Waals surface area contributed by atoms with Gasteiger partial charge in [0, 0.05) is 28.9 Å². The van der Waals surface area contributed by atoms with Crippen molar-refractivity contribution >= 4 is 29.3 Å². The van der Waals surface area contributed by atoms with Crippen molar-refractivity contribution in [1.82, 2.24) is 4.90 Å². The Morgan fingerprint density at radius 3 is 2.44 bits per heavy atom. The number of rotatable bonds is 5. The van der Waals surface area contributed by atoms with E-state index in [1.165, 1.54) is 4.90 Å². The van der Waals surface area contributed by atoms with Crippen molar-refractivity contribution in [2.24, 2.45) is 5.73 Å². The fraction of sp³-hybridized carbons (Fsp3) is 0.158. The molecule has 2 aromatic rings. The number of carboxylic acids is 1. The van der Waals surface area contributed by atoms with E-state index in [9.17, 15) is 14.4 Å². The molecule has 0 saturated carbocycles. The topological polar surface area (TPSA) is 137 Å². The number of carbonyl (C=O) groups excluding carboxylic acids is 2. The first-order chi connectivity index (χ1) is 12.9. The molecule has 0 fully saturated rings. The van der Waals surface area contributed by atoms with E-state index in [-0.39, 0.29) is 30.7 Å². The van der Waals surface area contributed by atoms with Gasteiger partial charge < -0.3 is 21.1 Å². The number of amidine groups is 1. The van der Waals surface area contributed by atoms with Crippen LogP contribution in [-0.4, -0.2) is 46.7 Å². The zero-order valence-corrected chi connectivity index (χ0v) is 14.4. The first kappa shape index (κ1) is 18.1. The average Bonchev–Trinajstić information content (AvgIpc) is 2.64. The highest BCUT2D eigenvalue weighted by Crippen LogP contribution is 2.26. The number of aliphatic carboxylic acids is 1. The molecular weight excluding hydrogens is 348 g/mol. The molecule has 2 aromatic carbocycles. The minimum Gasteiger partial charge on any atom is -0.480 e. The summed E-state index contributed by atoms with van der Waals surface area (Å²) < 4.78 is 0. The number of carboxylic acid groups (broad SMARTS) is 1. The Labute approximate surface area is 155 Å². The van der Waals surface area contributed by atoms with Gasteiger partial charge in [0.2, 0.25) is 0 Å². The molecule has 27 heavy (non-hydrogen) atoms. The van der Waals surface area contributed by atoms with Crippen molar-refractivity contribution in [1.29, 1.82) is 5.41 Å². The van der Waals surface area contributed by atoms with Gasteiger partial charge >= 0.3 is 5.97 Å². The van der Waals surface area contributed by atoms with E-state index in [0.717, 1.165) is 0 Å². The number of nitrogen functional groups attached to an aromatic ring is 1. The van der Waals surface area contributed by atoms with Crippen LogP contribution >= 0.6 is 0 Å². The van der Waals surface area contributed by atoms with E-state index >= 15 is 0 Å². The van der Waals surface area contributed by atoms with E-state index in [4.69, 9.17) is 16.2 Å². The van der Waals surface area contributed by atoms with E-state index in [2.05, 4.69) is 5.32 Å². The summed E-state index contributed by atoms with van der Waals surface area (Å²) >= 11 is 0. The van der Waals surface area contributed by atoms with Crippen molar-refractivity contribution in [3.63, 3.8) is 0 Å². The molecule has 0 radical (unpaired) electrons. The lowest BCUT2D eigenvalue weighted by Gasteiger charge is -2.28. The van der Waals surface area contributed by atoms with Gasteiger partial charge in [0.15, 0.2) is 0 Å². The number of anilines is 1. The number of hydrogen-bond donors (Lipinski definition) is 4. The van der Waals surface area contributed by atoms with Crippen LogP contribution in [0.2, 0.25) is 0 Å². The van der Waals surface area contributed by atoms with Gasteiger partial charge in [-0.1, -0.05) is 18.2 Å². The first-order valence-corrected chi connectivity index (χ1v) is 8.25. The highest BCUT2D eigenvalue weighted by atomic mass is 16.4. The largest absolute Gasteiger partial charge is 0.480 e. The summed E-state index contributed by atoms with van der Waals surface area (Å²) in [5, 5.41) is 19.1. The lowest BCUT2D eigenvalue weighted by atomic mass is 9.96. The Bertz CT molecular complexity index is 937. The van der Waals surface area contributed by atoms with E-state index < -0.39 is 5.97 Å². The molecule has 3 rings (SSSR count). The Morgan fingerprint density at radius 1 is 1.15 bits per heavy atom. The van der Waals surface area contributed by atoms with Crippen LogP contribution in [0.5, 0.6) is 0 Å². The third-order valence-corrected chi connectivity index (χ3v) is 4.36. The molecule has 8 heteroatoms. The molecule has 1 heterocycles. The highest BCUT2D eigenvalue weighted by Gasteiger charge is 2.27. The number of nitrogens with two attached hydrogens (primary N) is 1. The van der Waals surface area contributed by atoms with Crippen molar-refractivity contribution in [2.45, 2.75) is 6.42 Å². The highest BCUT2D eigenvalue weighted by molar-refractivity contribution is 6.07. The molecular formula is C19H18N4O4. The lowest BCUT2D eigenvalue weighted by molar-refractivity contribution is -0.137. The average molecular weight is 366 g/mol. The Hall–Kier alpha value is -3.68. The maximum Gasteiger partial charge on any atom is 0.323 e. The number of nitrogens with one attached hydrogen (secondary N) is 2. The van der Waals surface area contributed by atoms with Crippen LogP contribution in [0.1, 0.15) is 31.8 Å². The molecule has 0 spiro atoms. The minimum atomic E-state index is -1.06. The molecule has 5 N–H and O–H groups in total. The monoisotopic (exact) mass is 366 g/mol. The van der Waals surface area contributed by atoms with Crippen LogP contribution in [0.3, 0.4) is 0 Å². The quantitative estimate of drug-likeness (QED) is 0.467.